The van der Waals surface area contributed by atoms with E-state index in [0.29, 0.717) is 6.54 Å². The highest BCUT2D eigenvalue weighted by atomic mass is 79.9. The number of hydrogen-bond acceptors (Lipinski definition) is 2. The lowest BCUT2D eigenvalue weighted by Gasteiger charge is -2.28. The summed E-state index contributed by atoms with van der Waals surface area (Å²) >= 11 is 3.43. The zero-order chi connectivity index (χ0) is 15.6. The van der Waals surface area contributed by atoms with Gasteiger partial charge in [0.2, 0.25) is 0 Å². The van der Waals surface area contributed by atoms with E-state index < -0.39 is 5.54 Å². The number of nitrogens with one attached hydrogen (secondary N) is 1. The molecule has 1 spiro atoms. The van der Waals surface area contributed by atoms with Gasteiger partial charge >= 0.3 is 6.03 Å². The Balaban J connectivity index is 1.78. The summed E-state index contributed by atoms with van der Waals surface area (Å²) in [6, 6.07) is 7.50. The molecular weight excluding hydrogens is 344 g/mol. The van der Waals surface area contributed by atoms with Gasteiger partial charge in [-0.25, -0.2) is 4.79 Å². The smallest absolute Gasteiger partial charge is 0.323 e. The lowest BCUT2D eigenvalue weighted by molar-refractivity contribution is -0.132. The zero-order valence-corrected chi connectivity index (χ0v) is 14.2. The van der Waals surface area contributed by atoms with Crippen LogP contribution in [0.1, 0.15) is 50.5 Å². The molecule has 0 unspecified atom stereocenters. The molecule has 2 fully saturated rings. The van der Waals surface area contributed by atoms with Crippen LogP contribution < -0.4 is 5.32 Å². The first kappa shape index (κ1) is 15.5. The summed E-state index contributed by atoms with van der Waals surface area (Å²) in [4.78, 5) is 26.6. The molecule has 0 bridgehead atoms. The van der Waals surface area contributed by atoms with Gasteiger partial charge in [0.15, 0.2) is 0 Å². The third-order valence-corrected chi connectivity index (χ3v) is 5.18. The van der Waals surface area contributed by atoms with Crippen molar-refractivity contribution in [1.82, 2.24) is 10.2 Å². The Bertz CT molecular complexity index is 580. The third kappa shape index (κ3) is 3.05. The molecule has 1 aromatic rings. The van der Waals surface area contributed by atoms with Crippen LogP contribution in [0.25, 0.3) is 0 Å². The Morgan fingerprint density at radius 3 is 2.45 bits per heavy atom. The fourth-order valence-corrected chi connectivity index (χ4v) is 3.93. The van der Waals surface area contributed by atoms with Gasteiger partial charge in [0, 0.05) is 4.47 Å². The van der Waals surface area contributed by atoms with E-state index in [4.69, 9.17) is 0 Å². The highest BCUT2D eigenvalue weighted by Crippen LogP contribution is 2.32. The Hall–Kier alpha value is -1.36. The molecule has 1 N–H and O–H groups in total. The van der Waals surface area contributed by atoms with Crippen LogP contribution in [0.5, 0.6) is 0 Å². The van der Waals surface area contributed by atoms with Crippen molar-refractivity contribution >= 4 is 27.9 Å². The minimum absolute atomic E-state index is 0.0422. The van der Waals surface area contributed by atoms with Gasteiger partial charge < -0.3 is 5.32 Å². The SMILES string of the molecule is O=C1NC2(CCCCCCC2)C(=O)N1Cc1cccc(Br)c1. The number of carbonyl (C=O) groups is 2. The summed E-state index contributed by atoms with van der Waals surface area (Å²) in [6.45, 7) is 0.339. The van der Waals surface area contributed by atoms with E-state index in [1.54, 1.807) is 0 Å². The van der Waals surface area contributed by atoms with Gasteiger partial charge in [-0.3, -0.25) is 9.69 Å². The van der Waals surface area contributed by atoms with Crippen molar-refractivity contribution in [2.45, 2.75) is 57.0 Å². The molecule has 0 radical (unpaired) electrons. The van der Waals surface area contributed by atoms with Crippen LogP contribution in [0.4, 0.5) is 4.79 Å². The standard InChI is InChI=1S/C17H21BrN2O2/c18-14-8-6-7-13(11-14)12-20-15(21)17(19-16(20)22)9-4-2-1-3-5-10-17/h6-8,11H,1-5,9-10,12H2,(H,19,22). The van der Waals surface area contributed by atoms with Gasteiger partial charge in [-0.15, -0.1) is 0 Å². The van der Waals surface area contributed by atoms with Gasteiger partial charge in [0.1, 0.15) is 5.54 Å². The minimum atomic E-state index is -0.649. The third-order valence-electron chi connectivity index (χ3n) is 4.68. The second-order valence-corrected chi connectivity index (χ2v) is 7.22. The highest BCUT2D eigenvalue weighted by molar-refractivity contribution is 9.10. The average molecular weight is 365 g/mol. The van der Waals surface area contributed by atoms with Crippen molar-refractivity contribution in [2.75, 3.05) is 0 Å². The van der Waals surface area contributed by atoms with Crippen molar-refractivity contribution < 1.29 is 9.59 Å². The van der Waals surface area contributed by atoms with Crippen LogP contribution in [0.15, 0.2) is 28.7 Å². The predicted molar refractivity (Wildman–Crippen MR) is 88.3 cm³/mol. The molecule has 3 amide bonds. The number of urea groups is 1. The summed E-state index contributed by atoms with van der Waals surface area (Å²) in [5, 5.41) is 3.00. The first-order valence-electron chi connectivity index (χ1n) is 7.99. The molecule has 1 aromatic carbocycles. The van der Waals surface area contributed by atoms with Gasteiger partial charge in [0.25, 0.3) is 5.91 Å². The quantitative estimate of drug-likeness (QED) is 0.806. The molecule has 1 heterocycles. The van der Waals surface area contributed by atoms with Crippen LogP contribution in [0.2, 0.25) is 0 Å². The summed E-state index contributed by atoms with van der Waals surface area (Å²) in [5.74, 6) is -0.0422. The van der Waals surface area contributed by atoms with Crippen molar-refractivity contribution in [3.05, 3.63) is 34.3 Å². The molecule has 1 saturated carbocycles. The normalized spacial score (nSPS) is 21.6. The Kier molecular flexibility index (Phi) is 4.52. The van der Waals surface area contributed by atoms with Crippen molar-refractivity contribution in [3.8, 4) is 0 Å². The van der Waals surface area contributed by atoms with Gasteiger partial charge in [-0.1, -0.05) is 60.2 Å². The van der Waals surface area contributed by atoms with Crippen LogP contribution in [0, 0.1) is 0 Å². The number of halogens is 1. The zero-order valence-electron chi connectivity index (χ0n) is 12.6. The van der Waals surface area contributed by atoms with Crippen molar-refractivity contribution in [3.63, 3.8) is 0 Å². The molecule has 0 aromatic heterocycles. The average Bonchev–Trinajstić information content (AvgIpc) is 2.69. The number of rotatable bonds is 2. The molecule has 1 aliphatic carbocycles. The number of carbonyl (C=O) groups excluding carboxylic acids is 2. The number of nitrogens with zero attached hydrogens (tertiary/aromatic N) is 1. The van der Waals surface area contributed by atoms with Gasteiger partial charge in [-0.2, -0.15) is 0 Å². The van der Waals surface area contributed by atoms with Crippen LogP contribution in [-0.4, -0.2) is 22.4 Å². The summed E-state index contributed by atoms with van der Waals surface area (Å²) in [7, 11) is 0. The van der Waals surface area contributed by atoms with E-state index in [1.807, 2.05) is 24.3 Å². The molecule has 0 atom stereocenters. The lowest BCUT2D eigenvalue weighted by atomic mass is 9.84. The molecule has 1 aliphatic heterocycles. The minimum Gasteiger partial charge on any atom is -0.323 e. The van der Waals surface area contributed by atoms with Crippen molar-refractivity contribution in [2.24, 2.45) is 0 Å². The molecule has 3 rings (SSSR count). The molecule has 1 saturated heterocycles. The molecular formula is C17H21BrN2O2. The summed E-state index contributed by atoms with van der Waals surface area (Å²) < 4.78 is 0.956. The second kappa shape index (κ2) is 6.41. The molecule has 5 heteroatoms. The van der Waals surface area contributed by atoms with E-state index in [0.717, 1.165) is 48.6 Å². The Morgan fingerprint density at radius 1 is 1.09 bits per heavy atom. The van der Waals surface area contributed by atoms with Crippen LogP contribution in [0.3, 0.4) is 0 Å². The van der Waals surface area contributed by atoms with Gasteiger partial charge in [0.05, 0.1) is 6.54 Å². The summed E-state index contributed by atoms with van der Waals surface area (Å²) in [5.41, 5.74) is 0.310. The largest absolute Gasteiger partial charge is 0.325 e. The molecule has 4 nitrogen and oxygen atoms in total. The van der Waals surface area contributed by atoms with E-state index in [1.165, 1.54) is 11.3 Å². The number of amides is 3. The number of benzene rings is 1. The first-order chi connectivity index (χ1) is 10.6. The number of hydrogen-bond donors (Lipinski definition) is 1. The number of imide groups is 1. The lowest BCUT2D eigenvalue weighted by Crippen LogP contribution is -2.47. The van der Waals surface area contributed by atoms with E-state index in [-0.39, 0.29) is 11.9 Å². The maximum Gasteiger partial charge on any atom is 0.325 e. The maximum absolute atomic E-state index is 12.9. The van der Waals surface area contributed by atoms with E-state index in [9.17, 15) is 9.59 Å². The fraction of sp³-hybridized carbons (Fsp3) is 0.529. The molecule has 118 valence electrons. The molecule has 2 aliphatic rings. The van der Waals surface area contributed by atoms with E-state index in [2.05, 4.69) is 21.2 Å². The monoisotopic (exact) mass is 364 g/mol. The van der Waals surface area contributed by atoms with E-state index >= 15 is 0 Å². The van der Waals surface area contributed by atoms with Gasteiger partial charge in [-0.05, 0) is 30.5 Å². The molecule has 22 heavy (non-hydrogen) atoms. The Morgan fingerprint density at radius 2 is 1.77 bits per heavy atom. The first-order valence-corrected chi connectivity index (χ1v) is 8.79. The van der Waals surface area contributed by atoms with Crippen molar-refractivity contribution in [1.29, 1.82) is 0 Å². The second-order valence-electron chi connectivity index (χ2n) is 6.30. The highest BCUT2D eigenvalue weighted by Gasteiger charge is 2.50. The van der Waals surface area contributed by atoms with Crippen LogP contribution in [-0.2, 0) is 11.3 Å². The summed E-state index contributed by atoms with van der Waals surface area (Å²) in [6.07, 6.45) is 7.10. The predicted octanol–water partition coefficient (Wildman–Crippen LogP) is 3.98. The maximum atomic E-state index is 12.9. The Labute approximate surface area is 139 Å². The fourth-order valence-electron chi connectivity index (χ4n) is 3.49. The topological polar surface area (TPSA) is 49.4 Å². The van der Waals surface area contributed by atoms with Crippen LogP contribution >= 0.6 is 15.9 Å².